The lowest BCUT2D eigenvalue weighted by atomic mass is 10.1. The van der Waals surface area contributed by atoms with E-state index in [9.17, 15) is 14.7 Å². The third kappa shape index (κ3) is 5.45. The summed E-state index contributed by atoms with van der Waals surface area (Å²) in [6.45, 7) is 4.05. The fourth-order valence-electron chi connectivity index (χ4n) is 2.33. The summed E-state index contributed by atoms with van der Waals surface area (Å²) < 4.78 is 5.01. The monoisotopic (exact) mass is 350 g/mol. The zero-order valence-electron chi connectivity index (χ0n) is 15.2. The van der Waals surface area contributed by atoms with Crippen molar-refractivity contribution in [3.8, 4) is 11.5 Å². The van der Waals surface area contributed by atoms with Crippen LogP contribution in [-0.4, -0.2) is 23.8 Å². The van der Waals surface area contributed by atoms with Crippen molar-refractivity contribution in [1.29, 1.82) is 0 Å². The molecule has 0 spiro atoms. The number of hydrogen-bond acceptors (Lipinski definition) is 4. The Labute approximate surface area is 153 Å². The first kappa shape index (κ1) is 19.2. The minimum Gasteiger partial charge on any atom is -0.504 e. The Kier molecular flexibility index (Phi) is 6.50. The quantitative estimate of drug-likeness (QED) is 0.598. The van der Waals surface area contributed by atoms with Crippen LogP contribution in [0.3, 0.4) is 0 Å². The van der Waals surface area contributed by atoms with Gasteiger partial charge in [-0.3, -0.25) is 9.59 Å². The average Bonchev–Trinajstić information content (AvgIpc) is 2.62. The van der Waals surface area contributed by atoms with Crippen LogP contribution in [0.25, 0.3) is 12.2 Å². The van der Waals surface area contributed by atoms with Gasteiger partial charge in [-0.15, -0.1) is 0 Å². The molecule has 0 aliphatic rings. The van der Waals surface area contributed by atoms with Crippen LogP contribution < -0.4 is 4.74 Å². The molecular formula is C22H22O4. The topological polar surface area (TPSA) is 63.6 Å². The molecule has 0 saturated heterocycles. The lowest BCUT2D eigenvalue weighted by Crippen LogP contribution is -2.01. The van der Waals surface area contributed by atoms with E-state index in [0.29, 0.717) is 11.3 Å². The van der Waals surface area contributed by atoms with Gasteiger partial charge in [0.25, 0.3) is 0 Å². The Hall–Kier alpha value is -3.14. The summed E-state index contributed by atoms with van der Waals surface area (Å²) >= 11 is 0. The Morgan fingerprint density at radius 2 is 1.50 bits per heavy atom. The van der Waals surface area contributed by atoms with Crippen LogP contribution in [-0.2, 0) is 9.59 Å². The fourth-order valence-corrected chi connectivity index (χ4v) is 2.33. The van der Waals surface area contributed by atoms with Gasteiger partial charge < -0.3 is 9.84 Å². The fraction of sp³-hybridized carbons (Fsp3) is 0.182. The van der Waals surface area contributed by atoms with E-state index >= 15 is 0 Å². The number of rotatable bonds is 7. The second-order valence-corrected chi connectivity index (χ2v) is 6.05. The molecule has 134 valence electrons. The van der Waals surface area contributed by atoms with Gasteiger partial charge in [0.1, 0.15) is 0 Å². The highest BCUT2D eigenvalue weighted by Crippen LogP contribution is 2.26. The molecule has 2 aromatic rings. The highest BCUT2D eigenvalue weighted by Gasteiger charge is 2.05. The van der Waals surface area contributed by atoms with Gasteiger partial charge in [-0.1, -0.05) is 36.4 Å². The van der Waals surface area contributed by atoms with E-state index in [1.807, 2.05) is 32.0 Å². The largest absolute Gasteiger partial charge is 0.504 e. The summed E-state index contributed by atoms with van der Waals surface area (Å²) in [5.74, 6) is -0.178. The maximum atomic E-state index is 11.9. The molecule has 2 rings (SSSR count). The Bertz CT molecular complexity index is 876. The number of aromatic hydroxyl groups is 1. The minimum atomic E-state index is -0.285. The number of carbonyl (C=O) groups excluding carboxylic acids is 2. The summed E-state index contributed by atoms with van der Waals surface area (Å²) in [5, 5.41) is 9.55. The van der Waals surface area contributed by atoms with E-state index in [4.69, 9.17) is 4.74 Å². The van der Waals surface area contributed by atoms with E-state index in [-0.39, 0.29) is 23.7 Å². The van der Waals surface area contributed by atoms with Gasteiger partial charge in [-0.25, -0.2) is 0 Å². The Morgan fingerprint density at radius 1 is 0.923 bits per heavy atom. The summed E-state index contributed by atoms with van der Waals surface area (Å²) in [6.07, 6.45) is 5.90. The van der Waals surface area contributed by atoms with Crippen LogP contribution in [0, 0.1) is 13.8 Å². The number of ketones is 2. The summed E-state index contributed by atoms with van der Waals surface area (Å²) in [4.78, 5) is 23.9. The second-order valence-electron chi connectivity index (χ2n) is 6.05. The molecule has 0 heterocycles. The van der Waals surface area contributed by atoms with Gasteiger partial charge in [0.05, 0.1) is 13.5 Å². The van der Waals surface area contributed by atoms with Crippen LogP contribution in [0.2, 0.25) is 0 Å². The summed E-state index contributed by atoms with van der Waals surface area (Å²) in [5.41, 5.74) is 3.98. The number of carbonyl (C=O) groups is 2. The van der Waals surface area contributed by atoms with Crippen molar-refractivity contribution in [1.82, 2.24) is 0 Å². The van der Waals surface area contributed by atoms with Crippen molar-refractivity contribution >= 4 is 23.7 Å². The number of aryl methyl sites for hydroxylation is 2. The first-order valence-electron chi connectivity index (χ1n) is 8.25. The minimum absolute atomic E-state index is 0.0302. The number of hydrogen-bond donors (Lipinski definition) is 1. The van der Waals surface area contributed by atoms with Crippen molar-refractivity contribution in [3.05, 3.63) is 70.8 Å². The van der Waals surface area contributed by atoms with Crippen molar-refractivity contribution < 1.29 is 19.4 Å². The molecule has 0 saturated carbocycles. The zero-order chi connectivity index (χ0) is 19.1. The van der Waals surface area contributed by atoms with Crippen LogP contribution >= 0.6 is 0 Å². The average molecular weight is 350 g/mol. The Morgan fingerprint density at radius 3 is 2.08 bits per heavy atom. The van der Waals surface area contributed by atoms with E-state index in [0.717, 1.165) is 11.1 Å². The van der Waals surface area contributed by atoms with Gasteiger partial charge >= 0.3 is 0 Å². The summed E-state index contributed by atoms with van der Waals surface area (Å²) in [7, 11) is 1.45. The normalized spacial score (nSPS) is 11.2. The van der Waals surface area contributed by atoms with E-state index in [1.165, 1.54) is 30.9 Å². The van der Waals surface area contributed by atoms with Crippen molar-refractivity contribution in [3.63, 3.8) is 0 Å². The van der Waals surface area contributed by atoms with Gasteiger partial charge in [0.15, 0.2) is 23.1 Å². The predicted molar refractivity (Wildman–Crippen MR) is 103 cm³/mol. The van der Waals surface area contributed by atoms with Crippen LogP contribution in [0.5, 0.6) is 11.5 Å². The van der Waals surface area contributed by atoms with Crippen LogP contribution in [0.1, 0.15) is 28.7 Å². The van der Waals surface area contributed by atoms with Crippen LogP contribution in [0.4, 0.5) is 0 Å². The maximum Gasteiger partial charge on any atom is 0.163 e. The highest BCUT2D eigenvalue weighted by atomic mass is 16.5. The van der Waals surface area contributed by atoms with Gasteiger partial charge in [0, 0.05) is 0 Å². The number of benzene rings is 2. The highest BCUT2D eigenvalue weighted by molar-refractivity contribution is 6.10. The second kappa shape index (κ2) is 8.81. The molecule has 0 fully saturated rings. The molecule has 26 heavy (non-hydrogen) atoms. The molecule has 1 N–H and O–H groups in total. The first-order valence-corrected chi connectivity index (χ1v) is 8.25. The zero-order valence-corrected chi connectivity index (χ0v) is 15.2. The van der Waals surface area contributed by atoms with Crippen molar-refractivity contribution in [2.24, 2.45) is 0 Å². The van der Waals surface area contributed by atoms with Gasteiger partial charge in [-0.05, 0) is 60.4 Å². The molecule has 0 amide bonds. The molecule has 0 bridgehead atoms. The molecule has 0 aliphatic heterocycles. The molecule has 0 unspecified atom stereocenters. The van der Waals surface area contributed by atoms with Gasteiger partial charge in [0.2, 0.25) is 0 Å². The molecule has 4 heteroatoms. The van der Waals surface area contributed by atoms with Crippen molar-refractivity contribution in [2.45, 2.75) is 20.3 Å². The van der Waals surface area contributed by atoms with Crippen molar-refractivity contribution in [2.75, 3.05) is 7.11 Å². The molecule has 0 atom stereocenters. The maximum absolute atomic E-state index is 11.9. The lowest BCUT2D eigenvalue weighted by Gasteiger charge is -2.03. The SMILES string of the molecule is COc1cc(C=CC(=O)CC(=O)C=Cc2ccc(C)c(C)c2)ccc1O. The van der Waals surface area contributed by atoms with Gasteiger partial charge in [-0.2, -0.15) is 0 Å². The van der Waals surface area contributed by atoms with E-state index in [1.54, 1.807) is 24.3 Å². The van der Waals surface area contributed by atoms with E-state index < -0.39 is 0 Å². The molecular weight excluding hydrogens is 328 g/mol. The number of methoxy groups -OCH3 is 1. The van der Waals surface area contributed by atoms with Crippen LogP contribution in [0.15, 0.2) is 48.6 Å². The molecule has 2 aromatic carbocycles. The first-order chi connectivity index (χ1) is 12.4. The molecule has 0 radical (unpaired) electrons. The number of phenolic OH excluding ortho intramolecular Hbond substituents is 1. The number of allylic oxidation sites excluding steroid dienone is 2. The standard InChI is InChI=1S/C22H22O4/c1-15-4-5-17(12-16(15)2)6-9-19(23)14-20(24)10-7-18-8-11-21(25)22(13-18)26-3/h4-13,25H,14H2,1-3H3. The Balaban J connectivity index is 1.95. The molecule has 0 aromatic heterocycles. The lowest BCUT2D eigenvalue weighted by molar-refractivity contribution is -0.121. The number of ether oxygens (including phenoxy) is 1. The molecule has 0 aliphatic carbocycles. The van der Waals surface area contributed by atoms with E-state index in [2.05, 4.69) is 0 Å². The third-order valence-electron chi connectivity index (χ3n) is 4.01. The predicted octanol–water partition coefficient (Wildman–Crippen LogP) is 4.27. The number of phenols is 1. The third-order valence-corrected chi connectivity index (χ3v) is 4.01. The molecule has 4 nitrogen and oxygen atoms in total. The smallest absolute Gasteiger partial charge is 0.163 e. The summed E-state index contributed by atoms with van der Waals surface area (Å²) in [6, 6.07) is 10.7.